The Balaban J connectivity index is 2.13. The van der Waals surface area contributed by atoms with E-state index in [0.29, 0.717) is 0 Å². The van der Waals surface area contributed by atoms with E-state index < -0.39 is 0 Å². The second kappa shape index (κ2) is 4.89. The van der Waals surface area contributed by atoms with Gasteiger partial charge < -0.3 is 4.74 Å². The van der Waals surface area contributed by atoms with Gasteiger partial charge >= 0.3 is 0 Å². The summed E-state index contributed by atoms with van der Waals surface area (Å²) in [5.41, 5.74) is 2.61. The fraction of sp³-hybridized carbons (Fsp3) is 0.154. The number of aromatic nitrogens is 4. The highest BCUT2D eigenvalue weighted by Crippen LogP contribution is 2.23. The average Bonchev–Trinajstić information content (AvgIpc) is 2.89. The van der Waals surface area contributed by atoms with Crippen LogP contribution < -0.4 is 4.74 Å². The summed E-state index contributed by atoms with van der Waals surface area (Å²) in [6.45, 7) is 0. The largest absolute Gasteiger partial charge is 0.497 e. The van der Waals surface area contributed by atoms with Crippen molar-refractivity contribution in [2.45, 2.75) is 5.16 Å². The number of thioether (sulfide) groups is 1. The molecule has 0 amide bonds. The van der Waals surface area contributed by atoms with E-state index in [1.165, 1.54) is 11.8 Å². The summed E-state index contributed by atoms with van der Waals surface area (Å²) < 4.78 is 6.98. The first kappa shape index (κ1) is 12.0. The van der Waals surface area contributed by atoms with E-state index in [1.54, 1.807) is 11.6 Å². The molecule has 0 radical (unpaired) electrons. The Morgan fingerprint density at radius 3 is 2.84 bits per heavy atom. The molecule has 0 atom stereocenters. The quantitative estimate of drug-likeness (QED) is 0.686. The Labute approximate surface area is 114 Å². The SMILES string of the molecule is COc1cccc(-c2ccc3nnc(SC)n3n2)c1. The molecule has 0 N–H and O–H groups in total. The molecule has 0 aliphatic rings. The number of fused-ring (bicyclic) bond motifs is 1. The van der Waals surface area contributed by atoms with Crippen LogP contribution in [-0.4, -0.2) is 33.2 Å². The molecule has 0 unspecified atom stereocenters. The molecule has 0 aliphatic heterocycles. The van der Waals surface area contributed by atoms with E-state index in [9.17, 15) is 0 Å². The monoisotopic (exact) mass is 272 g/mol. The molecule has 3 rings (SSSR count). The summed E-state index contributed by atoms with van der Waals surface area (Å²) >= 11 is 1.52. The van der Waals surface area contributed by atoms with Crippen molar-refractivity contribution in [2.75, 3.05) is 13.4 Å². The summed E-state index contributed by atoms with van der Waals surface area (Å²) in [6, 6.07) is 11.7. The van der Waals surface area contributed by atoms with Crippen LogP contribution in [0.4, 0.5) is 0 Å². The van der Waals surface area contributed by atoms with Gasteiger partial charge in [0.25, 0.3) is 0 Å². The van der Waals surface area contributed by atoms with E-state index in [4.69, 9.17) is 4.74 Å². The first-order valence-corrected chi connectivity index (χ1v) is 6.95. The highest BCUT2D eigenvalue weighted by molar-refractivity contribution is 7.98. The molecule has 6 heteroatoms. The van der Waals surface area contributed by atoms with Gasteiger partial charge in [0.15, 0.2) is 5.65 Å². The van der Waals surface area contributed by atoms with E-state index in [2.05, 4.69) is 15.3 Å². The summed E-state index contributed by atoms with van der Waals surface area (Å²) in [4.78, 5) is 0. The van der Waals surface area contributed by atoms with Crippen LogP contribution in [-0.2, 0) is 0 Å². The number of methoxy groups -OCH3 is 1. The van der Waals surface area contributed by atoms with Gasteiger partial charge in [0.2, 0.25) is 5.16 Å². The molecule has 0 aliphatic carbocycles. The average molecular weight is 272 g/mol. The van der Waals surface area contributed by atoms with Crippen LogP contribution in [0.5, 0.6) is 5.75 Å². The first-order valence-electron chi connectivity index (χ1n) is 5.72. The third-order valence-corrected chi connectivity index (χ3v) is 3.40. The third-order valence-electron chi connectivity index (χ3n) is 2.78. The predicted octanol–water partition coefficient (Wildman–Crippen LogP) is 2.52. The molecular formula is C13H12N4OS. The smallest absolute Gasteiger partial charge is 0.212 e. The lowest BCUT2D eigenvalue weighted by Gasteiger charge is -2.04. The van der Waals surface area contributed by atoms with Crippen LogP contribution >= 0.6 is 11.8 Å². The molecule has 5 nitrogen and oxygen atoms in total. The van der Waals surface area contributed by atoms with Crippen molar-refractivity contribution in [2.24, 2.45) is 0 Å². The minimum absolute atomic E-state index is 0.746. The van der Waals surface area contributed by atoms with Gasteiger partial charge in [-0.05, 0) is 30.5 Å². The van der Waals surface area contributed by atoms with E-state index in [1.807, 2.05) is 42.7 Å². The van der Waals surface area contributed by atoms with Crippen molar-refractivity contribution in [3.05, 3.63) is 36.4 Å². The Morgan fingerprint density at radius 1 is 1.16 bits per heavy atom. The van der Waals surface area contributed by atoms with Gasteiger partial charge in [0.1, 0.15) is 5.75 Å². The van der Waals surface area contributed by atoms with Crippen molar-refractivity contribution in [3.63, 3.8) is 0 Å². The zero-order chi connectivity index (χ0) is 13.2. The standard InChI is InChI=1S/C13H12N4OS/c1-18-10-5-3-4-9(8-10)11-6-7-12-14-15-13(19-2)17(12)16-11/h3-8H,1-2H3. The predicted molar refractivity (Wildman–Crippen MR) is 74.6 cm³/mol. The van der Waals surface area contributed by atoms with Crippen molar-refractivity contribution in [1.29, 1.82) is 0 Å². The van der Waals surface area contributed by atoms with E-state index in [-0.39, 0.29) is 0 Å². The normalized spacial score (nSPS) is 10.8. The molecular weight excluding hydrogens is 260 g/mol. The highest BCUT2D eigenvalue weighted by atomic mass is 32.2. The van der Waals surface area contributed by atoms with E-state index >= 15 is 0 Å². The zero-order valence-electron chi connectivity index (χ0n) is 10.6. The van der Waals surface area contributed by atoms with Crippen LogP contribution in [0.15, 0.2) is 41.6 Å². The maximum Gasteiger partial charge on any atom is 0.212 e. The number of benzene rings is 1. The molecule has 2 aromatic heterocycles. The lowest BCUT2D eigenvalue weighted by atomic mass is 10.1. The number of nitrogens with zero attached hydrogens (tertiary/aromatic N) is 4. The Kier molecular flexibility index (Phi) is 3.08. The van der Waals surface area contributed by atoms with Gasteiger partial charge in [-0.15, -0.1) is 10.2 Å². The highest BCUT2D eigenvalue weighted by Gasteiger charge is 2.08. The second-order valence-corrected chi connectivity index (χ2v) is 4.68. The summed E-state index contributed by atoms with van der Waals surface area (Å²) in [5, 5.41) is 13.5. The maximum absolute atomic E-state index is 5.23. The van der Waals surface area contributed by atoms with E-state index in [0.717, 1.165) is 27.8 Å². The van der Waals surface area contributed by atoms with Crippen LogP contribution in [0.1, 0.15) is 0 Å². The fourth-order valence-electron chi connectivity index (χ4n) is 1.83. The van der Waals surface area contributed by atoms with Gasteiger partial charge in [-0.2, -0.15) is 9.61 Å². The van der Waals surface area contributed by atoms with Crippen molar-refractivity contribution in [1.82, 2.24) is 19.8 Å². The minimum Gasteiger partial charge on any atom is -0.497 e. The molecule has 0 bridgehead atoms. The number of ether oxygens (including phenoxy) is 1. The van der Waals surface area contributed by atoms with Gasteiger partial charge in [-0.3, -0.25) is 0 Å². The summed E-state index contributed by atoms with van der Waals surface area (Å²) in [6.07, 6.45) is 1.95. The number of hydrogen-bond acceptors (Lipinski definition) is 5. The Bertz CT molecular complexity index is 725. The van der Waals surface area contributed by atoms with Crippen LogP contribution in [0.2, 0.25) is 0 Å². The van der Waals surface area contributed by atoms with Gasteiger partial charge in [-0.1, -0.05) is 23.9 Å². The minimum atomic E-state index is 0.746. The molecule has 0 fully saturated rings. The Morgan fingerprint density at radius 2 is 2.05 bits per heavy atom. The zero-order valence-corrected chi connectivity index (χ0v) is 11.4. The fourth-order valence-corrected chi connectivity index (χ4v) is 2.26. The number of hydrogen-bond donors (Lipinski definition) is 0. The lowest BCUT2D eigenvalue weighted by Crippen LogP contribution is -1.96. The molecule has 1 aromatic carbocycles. The molecule has 19 heavy (non-hydrogen) atoms. The van der Waals surface area contributed by atoms with Crippen LogP contribution in [0, 0.1) is 0 Å². The topological polar surface area (TPSA) is 52.3 Å². The summed E-state index contributed by atoms with van der Waals surface area (Å²) in [5.74, 6) is 0.813. The maximum atomic E-state index is 5.23. The Hall–Kier alpha value is -2.08. The molecule has 0 saturated heterocycles. The number of rotatable bonds is 3. The second-order valence-electron chi connectivity index (χ2n) is 3.91. The van der Waals surface area contributed by atoms with Crippen molar-refractivity contribution < 1.29 is 4.74 Å². The summed E-state index contributed by atoms with van der Waals surface area (Å²) in [7, 11) is 1.65. The molecule has 0 saturated carbocycles. The lowest BCUT2D eigenvalue weighted by molar-refractivity contribution is 0.415. The molecule has 3 aromatic rings. The molecule has 2 heterocycles. The van der Waals surface area contributed by atoms with Crippen LogP contribution in [0.3, 0.4) is 0 Å². The molecule has 96 valence electrons. The van der Waals surface area contributed by atoms with Gasteiger partial charge in [0, 0.05) is 5.56 Å². The van der Waals surface area contributed by atoms with Gasteiger partial charge in [-0.25, -0.2) is 0 Å². The van der Waals surface area contributed by atoms with Crippen molar-refractivity contribution >= 4 is 17.4 Å². The van der Waals surface area contributed by atoms with Crippen LogP contribution in [0.25, 0.3) is 16.9 Å². The van der Waals surface area contributed by atoms with Crippen molar-refractivity contribution in [3.8, 4) is 17.0 Å². The third kappa shape index (κ3) is 2.15. The molecule has 0 spiro atoms. The first-order chi connectivity index (χ1) is 9.31. The van der Waals surface area contributed by atoms with Gasteiger partial charge in [0.05, 0.1) is 12.8 Å².